The van der Waals surface area contributed by atoms with Crippen LogP contribution in [0.4, 0.5) is 0 Å². The standard InChI is InChI=1S/C15H23NOS/c1-4-12-7-6-11(3)16(12)10-14(17)15-9-8-13(5-2)18-15/h8-9,11-12H,4-7,10H2,1-3H3. The summed E-state index contributed by atoms with van der Waals surface area (Å²) in [6.45, 7) is 7.20. The van der Waals surface area contributed by atoms with Crippen LogP contribution in [0.25, 0.3) is 0 Å². The van der Waals surface area contributed by atoms with Crippen LogP contribution in [0.5, 0.6) is 0 Å². The van der Waals surface area contributed by atoms with Crippen molar-refractivity contribution in [2.24, 2.45) is 0 Å². The lowest BCUT2D eigenvalue weighted by molar-refractivity contribution is 0.0893. The number of rotatable bonds is 5. The Balaban J connectivity index is 2.02. The molecule has 1 saturated heterocycles. The molecule has 1 fully saturated rings. The number of Topliss-reactive ketones (excluding diaryl/α,β-unsaturated/α-hetero) is 1. The summed E-state index contributed by atoms with van der Waals surface area (Å²) in [5, 5.41) is 0. The monoisotopic (exact) mass is 265 g/mol. The van der Waals surface area contributed by atoms with Crippen molar-refractivity contribution >= 4 is 17.1 Å². The van der Waals surface area contributed by atoms with E-state index < -0.39 is 0 Å². The van der Waals surface area contributed by atoms with Crippen LogP contribution in [0.3, 0.4) is 0 Å². The second-order valence-electron chi connectivity index (χ2n) is 5.20. The lowest BCUT2D eigenvalue weighted by atomic mass is 10.1. The van der Waals surface area contributed by atoms with Gasteiger partial charge in [0, 0.05) is 17.0 Å². The van der Waals surface area contributed by atoms with E-state index >= 15 is 0 Å². The van der Waals surface area contributed by atoms with Crippen molar-refractivity contribution in [3.05, 3.63) is 21.9 Å². The molecule has 0 amide bonds. The molecular weight excluding hydrogens is 242 g/mol. The van der Waals surface area contributed by atoms with Gasteiger partial charge in [0.05, 0.1) is 11.4 Å². The maximum atomic E-state index is 12.3. The number of carbonyl (C=O) groups excluding carboxylic acids is 1. The van der Waals surface area contributed by atoms with Gasteiger partial charge in [0.1, 0.15) is 0 Å². The maximum Gasteiger partial charge on any atom is 0.186 e. The Morgan fingerprint density at radius 1 is 1.39 bits per heavy atom. The first-order valence-electron chi connectivity index (χ1n) is 7.03. The molecule has 0 aliphatic carbocycles. The van der Waals surface area contributed by atoms with Gasteiger partial charge in [0.15, 0.2) is 5.78 Å². The molecule has 2 rings (SSSR count). The van der Waals surface area contributed by atoms with Gasteiger partial charge in [-0.3, -0.25) is 9.69 Å². The topological polar surface area (TPSA) is 20.3 Å². The van der Waals surface area contributed by atoms with Crippen molar-refractivity contribution in [3.8, 4) is 0 Å². The first kappa shape index (κ1) is 13.8. The van der Waals surface area contributed by atoms with Crippen LogP contribution in [0.15, 0.2) is 12.1 Å². The van der Waals surface area contributed by atoms with Crippen LogP contribution in [0.1, 0.15) is 54.6 Å². The summed E-state index contributed by atoms with van der Waals surface area (Å²) in [6, 6.07) is 5.25. The predicted octanol–water partition coefficient (Wildman–Crippen LogP) is 3.76. The van der Waals surface area contributed by atoms with Crippen LogP contribution in [-0.2, 0) is 6.42 Å². The molecule has 18 heavy (non-hydrogen) atoms. The van der Waals surface area contributed by atoms with Gasteiger partial charge in [0.25, 0.3) is 0 Å². The van der Waals surface area contributed by atoms with Gasteiger partial charge in [-0.15, -0.1) is 11.3 Å². The number of ketones is 1. The lowest BCUT2D eigenvalue weighted by Gasteiger charge is -2.26. The van der Waals surface area contributed by atoms with Gasteiger partial charge in [0.2, 0.25) is 0 Å². The molecule has 0 bridgehead atoms. The van der Waals surface area contributed by atoms with Gasteiger partial charge < -0.3 is 0 Å². The molecule has 100 valence electrons. The number of thiophene rings is 1. The summed E-state index contributed by atoms with van der Waals surface area (Å²) in [4.78, 5) is 16.9. The normalized spacial score (nSPS) is 24.6. The first-order chi connectivity index (χ1) is 8.65. The Kier molecular flexibility index (Phi) is 4.57. The number of carbonyl (C=O) groups is 1. The van der Waals surface area contributed by atoms with Crippen LogP contribution in [0.2, 0.25) is 0 Å². The van der Waals surface area contributed by atoms with Gasteiger partial charge >= 0.3 is 0 Å². The second kappa shape index (κ2) is 5.98. The van der Waals surface area contributed by atoms with Gasteiger partial charge in [-0.05, 0) is 44.7 Å². The summed E-state index contributed by atoms with van der Waals surface area (Å²) in [5.41, 5.74) is 0. The smallest absolute Gasteiger partial charge is 0.186 e. The quantitative estimate of drug-likeness (QED) is 0.756. The molecule has 1 aromatic heterocycles. The highest BCUT2D eigenvalue weighted by Crippen LogP contribution is 2.27. The number of aryl methyl sites for hydroxylation is 1. The summed E-state index contributed by atoms with van der Waals surface area (Å²) < 4.78 is 0. The van der Waals surface area contributed by atoms with E-state index in [1.807, 2.05) is 6.07 Å². The molecule has 3 heteroatoms. The number of nitrogens with zero attached hydrogens (tertiary/aromatic N) is 1. The molecule has 0 radical (unpaired) electrons. The van der Waals surface area contributed by atoms with E-state index in [1.54, 1.807) is 11.3 Å². The SMILES string of the molecule is CCc1ccc(C(=O)CN2C(C)CCC2CC)s1. The zero-order valence-corrected chi connectivity index (χ0v) is 12.4. The molecule has 2 nitrogen and oxygen atoms in total. The van der Waals surface area contributed by atoms with Crippen molar-refractivity contribution in [1.82, 2.24) is 4.90 Å². The highest BCUT2D eigenvalue weighted by molar-refractivity contribution is 7.14. The Hall–Kier alpha value is -0.670. The average molecular weight is 265 g/mol. The van der Waals surface area contributed by atoms with Crippen LogP contribution < -0.4 is 0 Å². The van der Waals surface area contributed by atoms with E-state index in [4.69, 9.17) is 0 Å². The fourth-order valence-electron chi connectivity index (χ4n) is 2.81. The molecule has 2 heterocycles. The Labute approximate surface area is 114 Å². The third-order valence-electron chi connectivity index (χ3n) is 4.04. The molecule has 0 aromatic carbocycles. The minimum Gasteiger partial charge on any atom is -0.292 e. The van der Waals surface area contributed by atoms with Crippen LogP contribution in [0, 0.1) is 0 Å². The van der Waals surface area contributed by atoms with E-state index in [0.717, 1.165) is 17.7 Å². The van der Waals surface area contributed by atoms with Crippen molar-refractivity contribution in [1.29, 1.82) is 0 Å². The van der Waals surface area contributed by atoms with Gasteiger partial charge in [-0.25, -0.2) is 0 Å². The summed E-state index contributed by atoms with van der Waals surface area (Å²) in [5.74, 6) is 0.298. The Bertz CT molecular complexity index is 412. The molecule has 1 aromatic rings. The Morgan fingerprint density at radius 2 is 2.17 bits per heavy atom. The zero-order valence-electron chi connectivity index (χ0n) is 11.6. The highest BCUT2D eigenvalue weighted by atomic mass is 32.1. The summed E-state index contributed by atoms with van der Waals surface area (Å²) in [7, 11) is 0. The van der Waals surface area contributed by atoms with Crippen molar-refractivity contribution < 1.29 is 4.79 Å². The van der Waals surface area contributed by atoms with Crippen molar-refractivity contribution in [3.63, 3.8) is 0 Å². The third kappa shape index (κ3) is 2.83. The fraction of sp³-hybridized carbons (Fsp3) is 0.667. The van der Waals surface area contributed by atoms with E-state index in [0.29, 0.717) is 24.4 Å². The van der Waals surface area contributed by atoms with Gasteiger partial charge in [-0.1, -0.05) is 13.8 Å². The fourth-order valence-corrected chi connectivity index (χ4v) is 3.69. The number of hydrogen-bond donors (Lipinski definition) is 0. The van der Waals surface area contributed by atoms with E-state index in [-0.39, 0.29) is 0 Å². The number of likely N-dealkylation sites (tertiary alicyclic amines) is 1. The molecule has 1 aliphatic heterocycles. The Morgan fingerprint density at radius 3 is 2.78 bits per heavy atom. The predicted molar refractivity (Wildman–Crippen MR) is 77.5 cm³/mol. The third-order valence-corrected chi connectivity index (χ3v) is 5.31. The van der Waals surface area contributed by atoms with Gasteiger partial charge in [-0.2, -0.15) is 0 Å². The lowest BCUT2D eigenvalue weighted by Crippen LogP contribution is -2.38. The second-order valence-corrected chi connectivity index (χ2v) is 6.37. The summed E-state index contributed by atoms with van der Waals surface area (Å²) in [6.07, 6.45) is 4.66. The molecule has 0 N–H and O–H groups in total. The van der Waals surface area contributed by atoms with Crippen LogP contribution in [-0.4, -0.2) is 29.3 Å². The molecular formula is C15H23NOS. The largest absolute Gasteiger partial charge is 0.292 e. The van der Waals surface area contributed by atoms with E-state index in [2.05, 4.69) is 31.7 Å². The maximum absolute atomic E-state index is 12.3. The van der Waals surface area contributed by atoms with E-state index in [1.165, 1.54) is 17.7 Å². The van der Waals surface area contributed by atoms with E-state index in [9.17, 15) is 4.79 Å². The summed E-state index contributed by atoms with van der Waals surface area (Å²) >= 11 is 1.66. The molecule has 2 unspecified atom stereocenters. The van der Waals surface area contributed by atoms with Crippen LogP contribution >= 0.6 is 11.3 Å². The molecule has 1 aliphatic rings. The first-order valence-corrected chi connectivity index (χ1v) is 7.85. The average Bonchev–Trinajstić information content (AvgIpc) is 2.97. The van der Waals surface area contributed by atoms with Crippen molar-refractivity contribution in [2.75, 3.05) is 6.54 Å². The number of hydrogen-bond acceptors (Lipinski definition) is 3. The van der Waals surface area contributed by atoms with Crippen molar-refractivity contribution in [2.45, 2.75) is 58.5 Å². The highest BCUT2D eigenvalue weighted by Gasteiger charge is 2.30. The molecule has 0 saturated carbocycles. The zero-order chi connectivity index (χ0) is 13.1. The molecule has 2 atom stereocenters. The minimum absolute atomic E-state index is 0.298. The minimum atomic E-state index is 0.298. The molecule has 0 spiro atoms.